The summed E-state index contributed by atoms with van der Waals surface area (Å²) in [4.78, 5) is 26.6. The van der Waals surface area contributed by atoms with Crippen LogP contribution in [-0.4, -0.2) is 40.0 Å². The van der Waals surface area contributed by atoms with Crippen molar-refractivity contribution in [1.82, 2.24) is 15.1 Å². The zero-order valence-corrected chi connectivity index (χ0v) is 16.9. The molecule has 0 bridgehead atoms. The second kappa shape index (κ2) is 9.28. The fraction of sp³-hybridized carbons (Fsp3) is 0.474. The molecule has 0 radical (unpaired) electrons. The minimum absolute atomic E-state index is 0.152. The van der Waals surface area contributed by atoms with Crippen LogP contribution in [-0.2, 0) is 4.79 Å². The van der Waals surface area contributed by atoms with Gasteiger partial charge in [0.2, 0.25) is 10.9 Å². The summed E-state index contributed by atoms with van der Waals surface area (Å²) in [5.41, 5.74) is 0.659. The molecule has 3 rings (SSSR count). The van der Waals surface area contributed by atoms with Gasteiger partial charge in [-0.05, 0) is 43.5 Å². The van der Waals surface area contributed by atoms with Crippen LogP contribution in [0, 0.1) is 0 Å². The number of hydrogen-bond donors (Lipinski definition) is 1. The number of halogens is 1. The summed E-state index contributed by atoms with van der Waals surface area (Å²) in [5.74, 6) is 0.0819. The Bertz CT molecular complexity index is 793. The summed E-state index contributed by atoms with van der Waals surface area (Å²) in [6.07, 6.45) is 4.47. The molecular formula is C19H23ClN4O2S. The molecule has 1 aromatic carbocycles. The molecule has 0 spiro atoms. The predicted octanol–water partition coefficient (Wildman–Crippen LogP) is 4.34. The van der Waals surface area contributed by atoms with Crippen molar-refractivity contribution < 1.29 is 9.59 Å². The molecule has 0 saturated carbocycles. The lowest BCUT2D eigenvalue weighted by Crippen LogP contribution is -2.38. The maximum Gasteiger partial charge on any atom is 0.286 e. The number of amides is 2. The van der Waals surface area contributed by atoms with E-state index in [0.717, 1.165) is 37.2 Å². The van der Waals surface area contributed by atoms with Gasteiger partial charge in [0.25, 0.3) is 5.91 Å². The van der Waals surface area contributed by atoms with Crippen LogP contribution in [0.1, 0.15) is 59.8 Å². The van der Waals surface area contributed by atoms with Crippen LogP contribution in [0.4, 0.5) is 5.69 Å². The van der Waals surface area contributed by atoms with Crippen LogP contribution >= 0.6 is 22.9 Å². The molecule has 2 amide bonds. The smallest absolute Gasteiger partial charge is 0.286 e. The van der Waals surface area contributed by atoms with Crippen LogP contribution in [0.25, 0.3) is 0 Å². The van der Waals surface area contributed by atoms with E-state index in [4.69, 9.17) is 11.6 Å². The van der Waals surface area contributed by atoms with Gasteiger partial charge in [0.1, 0.15) is 5.01 Å². The van der Waals surface area contributed by atoms with Crippen molar-refractivity contribution >= 4 is 40.4 Å². The van der Waals surface area contributed by atoms with Crippen molar-refractivity contribution in [3.05, 3.63) is 39.3 Å². The van der Waals surface area contributed by atoms with E-state index < -0.39 is 0 Å². The molecule has 1 fully saturated rings. The van der Waals surface area contributed by atoms with E-state index in [9.17, 15) is 9.59 Å². The van der Waals surface area contributed by atoms with Gasteiger partial charge in [-0.25, -0.2) is 0 Å². The van der Waals surface area contributed by atoms with Crippen molar-refractivity contribution in [3.63, 3.8) is 0 Å². The molecule has 8 heteroatoms. The van der Waals surface area contributed by atoms with E-state index in [1.54, 1.807) is 24.3 Å². The third-order valence-corrected chi connectivity index (χ3v) is 5.94. The van der Waals surface area contributed by atoms with E-state index >= 15 is 0 Å². The number of anilines is 1. The maximum atomic E-state index is 12.4. The normalized spacial score (nSPS) is 17.0. The largest absolute Gasteiger partial charge is 0.342 e. The minimum atomic E-state index is -0.284. The number of rotatable bonds is 6. The fourth-order valence-electron chi connectivity index (χ4n) is 3.10. The molecule has 0 aliphatic carbocycles. The van der Waals surface area contributed by atoms with Gasteiger partial charge in [0, 0.05) is 36.1 Å². The molecule has 27 heavy (non-hydrogen) atoms. The minimum Gasteiger partial charge on any atom is -0.342 e. The molecule has 1 aliphatic heterocycles. The number of nitrogens with one attached hydrogen (secondary N) is 1. The lowest BCUT2D eigenvalue weighted by molar-refractivity contribution is -0.132. The Morgan fingerprint density at radius 3 is 2.81 bits per heavy atom. The quantitative estimate of drug-likeness (QED) is 0.774. The van der Waals surface area contributed by atoms with E-state index in [0.29, 0.717) is 28.7 Å². The topological polar surface area (TPSA) is 75.2 Å². The summed E-state index contributed by atoms with van der Waals surface area (Å²) < 4.78 is 0. The van der Waals surface area contributed by atoms with Gasteiger partial charge in [0.05, 0.1) is 0 Å². The number of hydrogen-bond acceptors (Lipinski definition) is 5. The SMILES string of the molecule is CCCCC(=O)N1CCC[C@@H](c2nnc(C(=O)Nc3ccc(Cl)cc3)s2)C1. The Labute approximate surface area is 167 Å². The third kappa shape index (κ3) is 5.26. The van der Waals surface area contributed by atoms with E-state index in [-0.39, 0.29) is 17.7 Å². The number of carbonyl (C=O) groups excluding carboxylic acids is 2. The fourth-order valence-corrected chi connectivity index (χ4v) is 4.09. The van der Waals surface area contributed by atoms with Crippen molar-refractivity contribution in [3.8, 4) is 0 Å². The molecule has 2 heterocycles. The van der Waals surface area contributed by atoms with E-state index in [1.165, 1.54) is 11.3 Å². The zero-order valence-electron chi connectivity index (χ0n) is 15.3. The highest BCUT2D eigenvalue weighted by Gasteiger charge is 2.27. The average molecular weight is 407 g/mol. The number of benzene rings is 1. The summed E-state index contributed by atoms with van der Waals surface area (Å²) in [5, 5.41) is 12.8. The molecule has 2 aromatic rings. The first kappa shape index (κ1) is 19.8. The number of likely N-dealkylation sites (tertiary alicyclic amines) is 1. The highest BCUT2D eigenvalue weighted by Crippen LogP contribution is 2.30. The van der Waals surface area contributed by atoms with Crippen LogP contribution < -0.4 is 5.32 Å². The first-order valence-electron chi connectivity index (χ1n) is 9.25. The standard InChI is InChI=1S/C19H23ClN4O2S/c1-2-3-6-16(25)24-11-4-5-13(12-24)18-22-23-19(27-18)17(26)21-15-9-7-14(20)8-10-15/h7-10,13H,2-6,11-12H2,1H3,(H,21,26)/t13-/m1/s1. The second-order valence-electron chi connectivity index (χ2n) is 6.69. The molecule has 144 valence electrons. The molecule has 1 saturated heterocycles. The Morgan fingerprint density at radius 2 is 2.07 bits per heavy atom. The van der Waals surface area contributed by atoms with Crippen molar-refractivity contribution in [2.75, 3.05) is 18.4 Å². The van der Waals surface area contributed by atoms with Crippen molar-refractivity contribution in [2.24, 2.45) is 0 Å². The number of nitrogens with zero attached hydrogens (tertiary/aromatic N) is 3. The third-order valence-electron chi connectivity index (χ3n) is 4.60. The molecule has 1 N–H and O–H groups in total. The zero-order chi connectivity index (χ0) is 19.2. The van der Waals surface area contributed by atoms with Gasteiger partial charge in [-0.2, -0.15) is 0 Å². The van der Waals surface area contributed by atoms with Crippen LogP contribution in [0.3, 0.4) is 0 Å². The Kier molecular flexibility index (Phi) is 6.79. The second-order valence-corrected chi connectivity index (χ2v) is 8.13. The Hall–Kier alpha value is -1.99. The molecular weight excluding hydrogens is 384 g/mol. The molecule has 1 aliphatic rings. The van der Waals surface area contributed by atoms with E-state index in [1.807, 2.05) is 4.90 Å². The van der Waals surface area contributed by atoms with Crippen molar-refractivity contribution in [1.29, 1.82) is 0 Å². The molecule has 1 atom stereocenters. The van der Waals surface area contributed by atoms with Crippen LogP contribution in [0.2, 0.25) is 5.02 Å². The van der Waals surface area contributed by atoms with Gasteiger partial charge in [0.15, 0.2) is 0 Å². The molecule has 1 aromatic heterocycles. The first-order chi connectivity index (χ1) is 13.1. The summed E-state index contributed by atoms with van der Waals surface area (Å²) in [6, 6.07) is 6.91. The van der Waals surface area contributed by atoms with Crippen LogP contribution in [0.5, 0.6) is 0 Å². The van der Waals surface area contributed by atoms with Crippen molar-refractivity contribution in [2.45, 2.75) is 44.9 Å². The lowest BCUT2D eigenvalue weighted by Gasteiger charge is -2.31. The highest BCUT2D eigenvalue weighted by atomic mass is 35.5. The monoisotopic (exact) mass is 406 g/mol. The maximum absolute atomic E-state index is 12.4. The van der Waals surface area contributed by atoms with Gasteiger partial charge < -0.3 is 10.2 Å². The number of unbranched alkanes of at least 4 members (excludes halogenated alkanes) is 1. The Balaban J connectivity index is 1.61. The molecule has 6 nitrogen and oxygen atoms in total. The highest BCUT2D eigenvalue weighted by molar-refractivity contribution is 7.13. The van der Waals surface area contributed by atoms with Gasteiger partial charge >= 0.3 is 0 Å². The van der Waals surface area contributed by atoms with E-state index in [2.05, 4.69) is 22.4 Å². The number of aromatic nitrogens is 2. The number of piperidine rings is 1. The van der Waals surface area contributed by atoms with Crippen LogP contribution in [0.15, 0.2) is 24.3 Å². The van der Waals surface area contributed by atoms with Gasteiger partial charge in [-0.1, -0.05) is 36.3 Å². The summed E-state index contributed by atoms with van der Waals surface area (Å²) in [6.45, 7) is 3.56. The average Bonchev–Trinajstić information content (AvgIpc) is 3.18. The lowest BCUT2D eigenvalue weighted by atomic mass is 9.98. The predicted molar refractivity (Wildman–Crippen MR) is 107 cm³/mol. The number of carbonyl (C=O) groups is 2. The van der Waals surface area contributed by atoms with Gasteiger partial charge in [-0.15, -0.1) is 10.2 Å². The summed E-state index contributed by atoms with van der Waals surface area (Å²) >= 11 is 7.16. The molecule has 0 unspecified atom stereocenters. The Morgan fingerprint density at radius 1 is 1.30 bits per heavy atom. The van der Waals surface area contributed by atoms with Gasteiger partial charge in [-0.3, -0.25) is 9.59 Å². The summed E-state index contributed by atoms with van der Waals surface area (Å²) in [7, 11) is 0. The first-order valence-corrected chi connectivity index (χ1v) is 10.4.